The molecule has 0 aliphatic heterocycles. The molecule has 3 heterocycles. The highest BCUT2D eigenvalue weighted by Crippen LogP contribution is 2.40. The van der Waals surface area contributed by atoms with Gasteiger partial charge < -0.3 is 5.32 Å². The summed E-state index contributed by atoms with van der Waals surface area (Å²) in [6.07, 6.45) is 6.56. The monoisotopic (exact) mass is 316 g/mol. The van der Waals surface area contributed by atoms with Gasteiger partial charge in [0, 0.05) is 17.6 Å². The first-order valence-corrected chi connectivity index (χ1v) is 9.01. The molecule has 4 nitrogen and oxygen atoms in total. The van der Waals surface area contributed by atoms with E-state index in [2.05, 4.69) is 17.2 Å². The van der Waals surface area contributed by atoms with Gasteiger partial charge in [0.05, 0.1) is 15.8 Å². The molecule has 6 heteroatoms. The lowest BCUT2D eigenvalue weighted by Crippen LogP contribution is -2.04. The summed E-state index contributed by atoms with van der Waals surface area (Å²) in [5.74, 6) is 1.80. The van der Waals surface area contributed by atoms with Crippen LogP contribution in [0.5, 0.6) is 0 Å². The Balaban J connectivity index is 1.91. The number of thiazole rings is 1. The van der Waals surface area contributed by atoms with Gasteiger partial charge >= 0.3 is 0 Å². The number of anilines is 1. The van der Waals surface area contributed by atoms with Crippen LogP contribution in [0.1, 0.15) is 30.2 Å². The summed E-state index contributed by atoms with van der Waals surface area (Å²) < 4.78 is 0. The van der Waals surface area contributed by atoms with Gasteiger partial charge in [0.25, 0.3) is 0 Å². The number of fused-ring (bicyclic) bond motifs is 3. The maximum Gasteiger partial charge on any atom is 0.174 e. The highest BCUT2D eigenvalue weighted by Gasteiger charge is 2.22. The van der Waals surface area contributed by atoms with Crippen molar-refractivity contribution in [3.05, 3.63) is 22.1 Å². The zero-order valence-corrected chi connectivity index (χ0v) is 13.5. The van der Waals surface area contributed by atoms with E-state index >= 15 is 0 Å². The molecule has 0 fully saturated rings. The molecule has 0 spiro atoms. The molecule has 0 saturated carbocycles. The Morgan fingerprint density at radius 3 is 3.05 bits per heavy atom. The van der Waals surface area contributed by atoms with E-state index in [0.29, 0.717) is 0 Å². The third kappa shape index (κ3) is 2.22. The van der Waals surface area contributed by atoms with E-state index in [-0.39, 0.29) is 0 Å². The van der Waals surface area contributed by atoms with E-state index in [4.69, 9.17) is 9.97 Å². The minimum absolute atomic E-state index is 0.795. The van der Waals surface area contributed by atoms with Crippen molar-refractivity contribution in [1.82, 2.24) is 15.0 Å². The van der Waals surface area contributed by atoms with Crippen molar-refractivity contribution in [3.63, 3.8) is 0 Å². The molecule has 0 radical (unpaired) electrons. The topological polar surface area (TPSA) is 50.7 Å². The van der Waals surface area contributed by atoms with Crippen molar-refractivity contribution < 1.29 is 0 Å². The minimum Gasteiger partial charge on any atom is -0.369 e. The molecule has 0 saturated heterocycles. The third-order valence-electron chi connectivity index (χ3n) is 3.76. The minimum atomic E-state index is 0.795. The Bertz CT molecular complexity index is 777. The van der Waals surface area contributed by atoms with Gasteiger partial charge in [-0.1, -0.05) is 6.92 Å². The van der Waals surface area contributed by atoms with Gasteiger partial charge in [-0.05, 0) is 31.2 Å². The van der Waals surface area contributed by atoms with E-state index in [0.717, 1.165) is 34.3 Å². The summed E-state index contributed by atoms with van der Waals surface area (Å²) in [5, 5.41) is 4.75. The number of nitrogens with zero attached hydrogens (tertiary/aromatic N) is 3. The molecule has 1 aliphatic rings. The second-order valence-electron chi connectivity index (χ2n) is 5.23. The lowest BCUT2D eigenvalue weighted by atomic mass is 10.2. The number of aryl methyl sites for hydroxylation is 2. The Morgan fingerprint density at radius 2 is 2.24 bits per heavy atom. The maximum absolute atomic E-state index is 4.79. The maximum atomic E-state index is 4.79. The molecule has 0 atom stereocenters. The standard InChI is InChI=1S/C15H16N4S2/c1-2-6-17-14-12-9-4-3-5-10(9)21-15(12)19-13(18-14)11-7-16-8-20-11/h7-8H,2-6H2,1H3,(H,17,18,19). The summed E-state index contributed by atoms with van der Waals surface area (Å²) in [4.78, 5) is 17.4. The zero-order chi connectivity index (χ0) is 14.2. The molecule has 1 N–H and O–H groups in total. The van der Waals surface area contributed by atoms with Crippen LogP contribution >= 0.6 is 22.7 Å². The fourth-order valence-corrected chi connectivity index (χ4v) is 4.62. The van der Waals surface area contributed by atoms with Crippen molar-refractivity contribution in [2.45, 2.75) is 32.6 Å². The molecule has 3 aromatic heterocycles. The number of thiophene rings is 1. The fourth-order valence-electron chi connectivity index (χ4n) is 2.80. The number of aromatic nitrogens is 3. The number of hydrogen-bond donors (Lipinski definition) is 1. The summed E-state index contributed by atoms with van der Waals surface area (Å²) in [6.45, 7) is 3.12. The lowest BCUT2D eigenvalue weighted by molar-refractivity contribution is 0.916. The molecule has 21 heavy (non-hydrogen) atoms. The van der Waals surface area contributed by atoms with Crippen LogP contribution in [0, 0.1) is 0 Å². The van der Waals surface area contributed by atoms with Gasteiger partial charge in [-0.15, -0.1) is 22.7 Å². The average Bonchev–Trinajstić information content (AvgIpc) is 3.19. The Kier molecular flexibility index (Phi) is 3.35. The molecular weight excluding hydrogens is 300 g/mol. The fraction of sp³-hybridized carbons (Fsp3) is 0.400. The third-order valence-corrected chi connectivity index (χ3v) is 5.71. The SMILES string of the molecule is CCCNc1nc(-c2cncs2)nc2sc3c(c12)CCC3. The molecular formula is C15H16N4S2. The van der Waals surface area contributed by atoms with Gasteiger partial charge in [-0.25, -0.2) is 9.97 Å². The highest BCUT2D eigenvalue weighted by molar-refractivity contribution is 7.19. The van der Waals surface area contributed by atoms with Gasteiger partial charge in [0.2, 0.25) is 0 Å². The first kappa shape index (κ1) is 13.2. The van der Waals surface area contributed by atoms with Crippen molar-refractivity contribution in [2.24, 2.45) is 0 Å². The largest absolute Gasteiger partial charge is 0.369 e. The van der Waals surface area contributed by atoms with Crippen molar-refractivity contribution >= 4 is 38.7 Å². The smallest absolute Gasteiger partial charge is 0.174 e. The molecule has 0 unspecified atom stereocenters. The molecule has 108 valence electrons. The summed E-state index contributed by atoms with van der Waals surface area (Å²) >= 11 is 3.43. The van der Waals surface area contributed by atoms with Gasteiger partial charge in [-0.2, -0.15) is 0 Å². The van der Waals surface area contributed by atoms with Crippen LogP contribution in [0.4, 0.5) is 5.82 Å². The van der Waals surface area contributed by atoms with Crippen LogP contribution in [0.2, 0.25) is 0 Å². The van der Waals surface area contributed by atoms with Crippen LogP contribution < -0.4 is 5.32 Å². The second kappa shape index (κ2) is 5.35. The molecule has 0 bridgehead atoms. The Labute approximate surface area is 131 Å². The van der Waals surface area contributed by atoms with Crippen molar-refractivity contribution in [1.29, 1.82) is 0 Å². The molecule has 3 aromatic rings. The Hall–Kier alpha value is -1.53. The predicted molar refractivity (Wildman–Crippen MR) is 89.3 cm³/mol. The number of rotatable bonds is 4. The predicted octanol–water partition coefficient (Wildman–Crippen LogP) is 4.13. The van der Waals surface area contributed by atoms with E-state index in [9.17, 15) is 0 Å². The highest BCUT2D eigenvalue weighted by atomic mass is 32.1. The van der Waals surface area contributed by atoms with Crippen molar-refractivity contribution in [2.75, 3.05) is 11.9 Å². The molecule has 1 aliphatic carbocycles. The van der Waals surface area contributed by atoms with E-state index < -0.39 is 0 Å². The van der Waals surface area contributed by atoms with Crippen LogP contribution in [0.15, 0.2) is 11.7 Å². The van der Waals surface area contributed by atoms with E-state index in [1.165, 1.54) is 35.1 Å². The Morgan fingerprint density at radius 1 is 1.29 bits per heavy atom. The quantitative estimate of drug-likeness (QED) is 0.786. The molecule has 0 amide bonds. The zero-order valence-electron chi connectivity index (χ0n) is 11.8. The van der Waals surface area contributed by atoms with Crippen LogP contribution in [-0.4, -0.2) is 21.5 Å². The first-order chi connectivity index (χ1) is 10.4. The summed E-state index contributed by atoms with van der Waals surface area (Å²) in [5.41, 5.74) is 3.31. The normalized spacial score (nSPS) is 13.8. The van der Waals surface area contributed by atoms with Gasteiger partial charge in [0.15, 0.2) is 5.82 Å². The molecule has 0 aromatic carbocycles. The number of nitrogens with one attached hydrogen (secondary N) is 1. The summed E-state index contributed by atoms with van der Waals surface area (Å²) in [7, 11) is 0. The van der Waals surface area contributed by atoms with Gasteiger partial charge in [-0.3, -0.25) is 4.98 Å². The van der Waals surface area contributed by atoms with Gasteiger partial charge in [0.1, 0.15) is 10.6 Å². The molecule has 4 rings (SSSR count). The average molecular weight is 316 g/mol. The second-order valence-corrected chi connectivity index (χ2v) is 7.20. The first-order valence-electron chi connectivity index (χ1n) is 7.32. The van der Waals surface area contributed by atoms with Crippen LogP contribution in [0.25, 0.3) is 20.9 Å². The lowest BCUT2D eigenvalue weighted by Gasteiger charge is -2.08. The van der Waals surface area contributed by atoms with Crippen LogP contribution in [0.3, 0.4) is 0 Å². The van der Waals surface area contributed by atoms with Crippen molar-refractivity contribution in [3.8, 4) is 10.7 Å². The number of hydrogen-bond acceptors (Lipinski definition) is 6. The van der Waals surface area contributed by atoms with Crippen LogP contribution in [-0.2, 0) is 12.8 Å². The van der Waals surface area contributed by atoms with E-state index in [1.807, 2.05) is 23.0 Å². The summed E-state index contributed by atoms with van der Waals surface area (Å²) in [6, 6.07) is 0. The van der Waals surface area contributed by atoms with E-state index in [1.54, 1.807) is 11.3 Å².